The zero-order chi connectivity index (χ0) is 24.9. The number of ether oxygens (including phenoxy) is 1. The molecule has 0 bridgehead atoms. The van der Waals surface area contributed by atoms with E-state index in [0.29, 0.717) is 41.5 Å². The van der Waals surface area contributed by atoms with Gasteiger partial charge in [0.25, 0.3) is 0 Å². The van der Waals surface area contributed by atoms with E-state index in [1.165, 1.54) is 0 Å². The highest BCUT2D eigenvalue weighted by Gasteiger charge is 2.15. The molecule has 0 saturated heterocycles. The predicted octanol–water partition coefficient (Wildman–Crippen LogP) is 3.97. The summed E-state index contributed by atoms with van der Waals surface area (Å²) in [5.74, 6) is 0.430. The monoisotopic (exact) mass is 482 g/mol. The van der Waals surface area contributed by atoms with E-state index in [-0.39, 0.29) is 0 Å². The number of carbonyl (C=O) groups is 2. The number of likely N-dealkylation sites (N-methyl/N-ethyl adjacent to an activating group) is 1. The Kier molecular flexibility index (Phi) is 11.3. The van der Waals surface area contributed by atoms with Gasteiger partial charge in [-0.1, -0.05) is 35.9 Å². The SMILES string of the molecule is CNCCOc1c(C=O)cc(Cc2ccc(C=O)cc2)c(C)c1Cl.CNCc1cnc(C)cn1. The van der Waals surface area contributed by atoms with Gasteiger partial charge in [0.1, 0.15) is 18.6 Å². The minimum absolute atomic E-state index is 0.430. The Labute approximate surface area is 205 Å². The molecule has 7 nitrogen and oxygen atoms in total. The van der Waals surface area contributed by atoms with E-state index in [4.69, 9.17) is 16.3 Å². The van der Waals surface area contributed by atoms with Crippen molar-refractivity contribution in [2.45, 2.75) is 26.8 Å². The number of aldehydes is 2. The molecule has 0 saturated carbocycles. The van der Waals surface area contributed by atoms with E-state index in [0.717, 1.165) is 47.2 Å². The Morgan fingerprint density at radius 2 is 1.74 bits per heavy atom. The van der Waals surface area contributed by atoms with Crippen LogP contribution in [0.3, 0.4) is 0 Å². The molecule has 0 spiro atoms. The van der Waals surface area contributed by atoms with Crippen LogP contribution in [0.1, 0.15) is 48.8 Å². The molecule has 0 unspecified atom stereocenters. The number of carbonyl (C=O) groups excluding carboxylic acids is 2. The van der Waals surface area contributed by atoms with Gasteiger partial charge in [-0.25, -0.2) is 0 Å². The first-order valence-electron chi connectivity index (χ1n) is 10.9. The van der Waals surface area contributed by atoms with E-state index >= 15 is 0 Å². The predicted molar refractivity (Wildman–Crippen MR) is 135 cm³/mol. The molecule has 180 valence electrons. The van der Waals surface area contributed by atoms with Crippen molar-refractivity contribution < 1.29 is 14.3 Å². The summed E-state index contributed by atoms with van der Waals surface area (Å²) < 4.78 is 5.65. The Morgan fingerprint density at radius 3 is 2.29 bits per heavy atom. The van der Waals surface area contributed by atoms with Crippen LogP contribution in [0.25, 0.3) is 0 Å². The summed E-state index contributed by atoms with van der Waals surface area (Å²) in [6.07, 6.45) is 5.76. The van der Waals surface area contributed by atoms with Gasteiger partial charge >= 0.3 is 0 Å². The smallest absolute Gasteiger partial charge is 0.153 e. The average Bonchev–Trinajstić information content (AvgIpc) is 2.86. The molecular formula is C26H31ClN4O3. The first-order chi connectivity index (χ1) is 16.4. The summed E-state index contributed by atoms with van der Waals surface area (Å²) in [7, 11) is 3.72. The topological polar surface area (TPSA) is 93.2 Å². The van der Waals surface area contributed by atoms with Crippen LogP contribution < -0.4 is 15.4 Å². The molecule has 0 amide bonds. The third-order valence-corrected chi connectivity index (χ3v) is 5.49. The number of halogens is 1. The first kappa shape index (κ1) is 27.1. The van der Waals surface area contributed by atoms with Crippen molar-refractivity contribution in [1.82, 2.24) is 20.6 Å². The standard InChI is InChI=1S/C19H20ClNO3.C7H11N3/c1-13-16(9-14-3-5-15(11-22)6-4-14)10-17(12-23)19(18(13)20)24-8-7-21-2;1-6-3-10-7(4-8-2)5-9-6/h3-6,10-12,21H,7-9H2,1-2H3;3,5,8H,4H2,1-2H3. The summed E-state index contributed by atoms with van der Waals surface area (Å²) in [5, 5.41) is 6.45. The third kappa shape index (κ3) is 8.02. The van der Waals surface area contributed by atoms with E-state index in [2.05, 4.69) is 20.6 Å². The fourth-order valence-corrected chi connectivity index (χ4v) is 3.38. The maximum atomic E-state index is 11.4. The average molecular weight is 483 g/mol. The molecule has 0 fully saturated rings. The van der Waals surface area contributed by atoms with Gasteiger partial charge in [-0.15, -0.1) is 0 Å². The molecule has 0 atom stereocenters. The Balaban J connectivity index is 0.000000340. The van der Waals surface area contributed by atoms with Crippen molar-refractivity contribution in [2.75, 3.05) is 27.2 Å². The van der Waals surface area contributed by atoms with E-state index < -0.39 is 0 Å². The van der Waals surface area contributed by atoms with E-state index in [1.807, 2.05) is 46.1 Å². The second-order valence-electron chi connectivity index (χ2n) is 7.68. The van der Waals surface area contributed by atoms with Crippen LogP contribution in [0.5, 0.6) is 5.75 Å². The van der Waals surface area contributed by atoms with Crippen LogP contribution in [-0.4, -0.2) is 49.8 Å². The molecule has 0 aliphatic rings. The van der Waals surface area contributed by atoms with Gasteiger partial charge in [0.05, 0.1) is 22.0 Å². The van der Waals surface area contributed by atoms with Gasteiger partial charge in [-0.05, 0) is 57.1 Å². The van der Waals surface area contributed by atoms with Crippen molar-refractivity contribution in [3.05, 3.63) is 87.0 Å². The molecule has 1 aromatic heterocycles. The zero-order valence-electron chi connectivity index (χ0n) is 20.0. The third-order valence-electron chi connectivity index (χ3n) is 5.03. The first-order valence-corrected chi connectivity index (χ1v) is 11.3. The van der Waals surface area contributed by atoms with Crippen molar-refractivity contribution in [3.63, 3.8) is 0 Å². The molecular weight excluding hydrogens is 452 g/mol. The number of nitrogens with zero attached hydrogens (tertiary/aromatic N) is 2. The minimum Gasteiger partial charge on any atom is -0.490 e. The second kappa shape index (κ2) is 14.2. The molecule has 3 aromatic rings. The summed E-state index contributed by atoms with van der Waals surface area (Å²) in [6, 6.07) is 9.16. The lowest BCUT2D eigenvalue weighted by molar-refractivity contribution is 0.111. The lowest BCUT2D eigenvalue weighted by Crippen LogP contribution is -2.17. The molecule has 2 N–H and O–H groups in total. The quantitative estimate of drug-likeness (QED) is 0.333. The van der Waals surface area contributed by atoms with Crippen LogP contribution in [0, 0.1) is 13.8 Å². The van der Waals surface area contributed by atoms with Gasteiger partial charge in [0.15, 0.2) is 6.29 Å². The highest BCUT2D eigenvalue weighted by molar-refractivity contribution is 6.33. The fourth-order valence-electron chi connectivity index (χ4n) is 3.10. The Morgan fingerprint density at radius 1 is 1.00 bits per heavy atom. The highest BCUT2D eigenvalue weighted by Crippen LogP contribution is 2.34. The highest BCUT2D eigenvalue weighted by atomic mass is 35.5. The second-order valence-corrected chi connectivity index (χ2v) is 8.06. The molecule has 2 aromatic carbocycles. The summed E-state index contributed by atoms with van der Waals surface area (Å²) in [5.41, 5.74) is 5.91. The summed E-state index contributed by atoms with van der Waals surface area (Å²) >= 11 is 6.42. The van der Waals surface area contributed by atoms with Crippen molar-refractivity contribution in [2.24, 2.45) is 0 Å². The van der Waals surface area contributed by atoms with Crippen LogP contribution in [0.15, 0.2) is 42.7 Å². The molecule has 3 rings (SSSR count). The largest absolute Gasteiger partial charge is 0.490 e. The zero-order valence-corrected chi connectivity index (χ0v) is 20.8. The van der Waals surface area contributed by atoms with E-state index in [1.54, 1.807) is 24.5 Å². The lowest BCUT2D eigenvalue weighted by atomic mass is 9.97. The minimum atomic E-state index is 0.430. The molecule has 0 aliphatic carbocycles. The number of benzene rings is 2. The van der Waals surface area contributed by atoms with Crippen molar-refractivity contribution in [3.8, 4) is 5.75 Å². The molecule has 8 heteroatoms. The van der Waals surface area contributed by atoms with Crippen LogP contribution in [-0.2, 0) is 13.0 Å². The van der Waals surface area contributed by atoms with Gasteiger partial charge in [-0.2, -0.15) is 0 Å². The molecule has 0 radical (unpaired) electrons. The van der Waals surface area contributed by atoms with Crippen LogP contribution in [0.2, 0.25) is 5.02 Å². The van der Waals surface area contributed by atoms with Gasteiger partial charge in [-0.3, -0.25) is 19.6 Å². The van der Waals surface area contributed by atoms with Gasteiger partial charge < -0.3 is 15.4 Å². The lowest BCUT2D eigenvalue weighted by Gasteiger charge is -2.16. The number of aromatic nitrogens is 2. The normalized spacial score (nSPS) is 10.3. The number of aryl methyl sites for hydroxylation is 1. The maximum Gasteiger partial charge on any atom is 0.153 e. The Hall–Kier alpha value is -3.13. The number of rotatable bonds is 10. The molecule has 1 heterocycles. The molecule has 34 heavy (non-hydrogen) atoms. The van der Waals surface area contributed by atoms with Crippen LogP contribution in [0.4, 0.5) is 0 Å². The van der Waals surface area contributed by atoms with E-state index in [9.17, 15) is 9.59 Å². The van der Waals surface area contributed by atoms with Crippen molar-refractivity contribution >= 4 is 24.2 Å². The maximum absolute atomic E-state index is 11.4. The number of hydrogen-bond acceptors (Lipinski definition) is 7. The van der Waals surface area contributed by atoms with Gasteiger partial charge in [0.2, 0.25) is 0 Å². The summed E-state index contributed by atoms with van der Waals surface area (Å²) in [4.78, 5) is 30.4. The summed E-state index contributed by atoms with van der Waals surface area (Å²) in [6.45, 7) is 5.72. The fraction of sp³-hybridized carbons (Fsp3) is 0.308. The molecule has 0 aliphatic heterocycles. The van der Waals surface area contributed by atoms with Crippen molar-refractivity contribution in [1.29, 1.82) is 0 Å². The number of nitrogens with one attached hydrogen (secondary N) is 2. The van der Waals surface area contributed by atoms with Gasteiger partial charge in [0, 0.05) is 31.0 Å². The van der Waals surface area contributed by atoms with Crippen LogP contribution >= 0.6 is 11.6 Å². The number of hydrogen-bond donors (Lipinski definition) is 2. The Bertz CT molecular complexity index is 1070.